The fraction of sp³-hybridized carbons (Fsp3) is 0.500. The molecular weight excluding hydrogens is 340 g/mol. The molecule has 0 spiro atoms. The van der Waals surface area contributed by atoms with Gasteiger partial charge in [0.15, 0.2) is 0 Å². The van der Waals surface area contributed by atoms with Gasteiger partial charge in [-0.1, -0.05) is 43.0 Å². The number of carbonyl (C=O) groups excluding carboxylic acids is 1. The SMILES string of the molecule is O=C1c2nn(C3CCCCC3)c(=O)n2CCN1Cc1ccc(Cl)cc1. The first-order chi connectivity index (χ1) is 12.1. The van der Waals surface area contributed by atoms with Gasteiger partial charge in [-0.3, -0.25) is 9.36 Å². The first-order valence-corrected chi connectivity index (χ1v) is 9.24. The van der Waals surface area contributed by atoms with Crippen molar-refractivity contribution in [1.82, 2.24) is 19.2 Å². The molecule has 0 atom stereocenters. The Morgan fingerprint density at radius 1 is 1.04 bits per heavy atom. The normalized spacial score (nSPS) is 18.4. The van der Waals surface area contributed by atoms with Gasteiger partial charge >= 0.3 is 5.69 Å². The van der Waals surface area contributed by atoms with E-state index in [0.29, 0.717) is 24.7 Å². The largest absolute Gasteiger partial charge is 0.346 e. The van der Waals surface area contributed by atoms with Gasteiger partial charge in [0, 0.05) is 24.7 Å². The Morgan fingerprint density at radius 3 is 2.48 bits per heavy atom. The van der Waals surface area contributed by atoms with Crippen LogP contribution in [0.5, 0.6) is 0 Å². The van der Waals surface area contributed by atoms with Crippen LogP contribution in [0.3, 0.4) is 0 Å². The number of halogens is 1. The zero-order valence-electron chi connectivity index (χ0n) is 14.0. The van der Waals surface area contributed by atoms with Crippen LogP contribution in [0.4, 0.5) is 0 Å². The molecule has 1 amide bonds. The Bertz CT molecular complexity index is 834. The van der Waals surface area contributed by atoms with E-state index >= 15 is 0 Å². The maximum atomic E-state index is 12.8. The van der Waals surface area contributed by atoms with Crippen LogP contribution in [-0.2, 0) is 13.1 Å². The lowest BCUT2D eigenvalue weighted by molar-refractivity contribution is 0.0681. The van der Waals surface area contributed by atoms with Gasteiger partial charge in [-0.15, -0.1) is 5.10 Å². The summed E-state index contributed by atoms with van der Waals surface area (Å²) in [7, 11) is 0. The lowest BCUT2D eigenvalue weighted by Gasteiger charge is -2.26. The van der Waals surface area contributed by atoms with Crippen LogP contribution < -0.4 is 5.69 Å². The summed E-state index contributed by atoms with van der Waals surface area (Å²) in [4.78, 5) is 27.2. The Morgan fingerprint density at radius 2 is 1.76 bits per heavy atom. The molecule has 25 heavy (non-hydrogen) atoms. The van der Waals surface area contributed by atoms with Crippen LogP contribution in [0.2, 0.25) is 5.02 Å². The second-order valence-electron chi connectivity index (χ2n) is 6.85. The molecule has 0 radical (unpaired) electrons. The van der Waals surface area contributed by atoms with Crippen molar-refractivity contribution >= 4 is 17.5 Å². The molecule has 1 aliphatic carbocycles. The van der Waals surface area contributed by atoms with Gasteiger partial charge in [0.05, 0.1) is 6.04 Å². The highest BCUT2D eigenvalue weighted by Crippen LogP contribution is 2.26. The predicted molar refractivity (Wildman–Crippen MR) is 94.8 cm³/mol. The monoisotopic (exact) mass is 360 g/mol. The van der Waals surface area contributed by atoms with Crippen molar-refractivity contribution in [3.63, 3.8) is 0 Å². The topological polar surface area (TPSA) is 60.1 Å². The van der Waals surface area contributed by atoms with Crippen LogP contribution in [0.1, 0.15) is 54.3 Å². The van der Waals surface area contributed by atoms with E-state index in [4.69, 9.17) is 11.6 Å². The number of aromatic nitrogens is 3. The zero-order valence-corrected chi connectivity index (χ0v) is 14.8. The molecule has 1 aliphatic heterocycles. The van der Waals surface area contributed by atoms with Gasteiger partial charge in [0.1, 0.15) is 0 Å². The van der Waals surface area contributed by atoms with Gasteiger partial charge in [-0.05, 0) is 30.5 Å². The molecule has 6 nitrogen and oxygen atoms in total. The molecule has 2 heterocycles. The van der Waals surface area contributed by atoms with Crippen molar-refractivity contribution in [2.24, 2.45) is 0 Å². The van der Waals surface area contributed by atoms with E-state index in [2.05, 4.69) is 5.10 Å². The number of amides is 1. The van der Waals surface area contributed by atoms with Crippen LogP contribution in [0.25, 0.3) is 0 Å². The molecule has 4 rings (SSSR count). The number of nitrogens with zero attached hydrogens (tertiary/aromatic N) is 4. The third kappa shape index (κ3) is 3.11. The summed E-state index contributed by atoms with van der Waals surface area (Å²) in [5.41, 5.74) is 0.877. The van der Waals surface area contributed by atoms with E-state index in [1.54, 1.807) is 9.58 Å². The van der Waals surface area contributed by atoms with Gasteiger partial charge in [-0.25, -0.2) is 9.48 Å². The van der Waals surface area contributed by atoms with Crippen molar-refractivity contribution < 1.29 is 4.79 Å². The summed E-state index contributed by atoms with van der Waals surface area (Å²) < 4.78 is 3.09. The third-order valence-corrected chi connectivity index (χ3v) is 5.42. The van der Waals surface area contributed by atoms with Crippen molar-refractivity contribution in [2.75, 3.05) is 6.54 Å². The molecule has 0 N–H and O–H groups in total. The minimum atomic E-state index is -0.173. The summed E-state index contributed by atoms with van der Waals surface area (Å²) in [5.74, 6) is 0.101. The molecule has 0 unspecified atom stereocenters. The quantitative estimate of drug-likeness (QED) is 0.845. The second-order valence-corrected chi connectivity index (χ2v) is 7.28. The van der Waals surface area contributed by atoms with E-state index in [1.807, 2.05) is 24.3 Å². The van der Waals surface area contributed by atoms with Gasteiger partial charge in [0.2, 0.25) is 5.82 Å². The lowest BCUT2D eigenvalue weighted by Crippen LogP contribution is -2.42. The average Bonchev–Trinajstić information content (AvgIpc) is 2.98. The summed E-state index contributed by atoms with van der Waals surface area (Å²) in [6.45, 7) is 1.52. The Hall–Kier alpha value is -2.08. The van der Waals surface area contributed by atoms with E-state index in [1.165, 1.54) is 11.0 Å². The van der Waals surface area contributed by atoms with Gasteiger partial charge < -0.3 is 4.90 Å². The minimum Gasteiger partial charge on any atom is -0.330 e. The summed E-state index contributed by atoms with van der Waals surface area (Å²) in [5, 5.41) is 5.09. The Labute approximate surface area is 151 Å². The van der Waals surface area contributed by atoms with Crippen LogP contribution in [0.15, 0.2) is 29.1 Å². The van der Waals surface area contributed by atoms with Crippen LogP contribution >= 0.6 is 11.6 Å². The minimum absolute atomic E-state index is 0.136. The van der Waals surface area contributed by atoms with Crippen LogP contribution in [0, 0.1) is 0 Å². The number of hydrogen-bond acceptors (Lipinski definition) is 3. The number of carbonyl (C=O) groups is 1. The van der Waals surface area contributed by atoms with Gasteiger partial charge in [0.25, 0.3) is 5.91 Å². The molecule has 1 saturated carbocycles. The lowest BCUT2D eigenvalue weighted by atomic mass is 9.96. The van der Waals surface area contributed by atoms with Crippen molar-refractivity contribution in [1.29, 1.82) is 0 Å². The summed E-state index contributed by atoms with van der Waals surface area (Å²) >= 11 is 5.91. The standard InChI is InChI=1S/C18H21ClN4O2/c19-14-8-6-13(7-9-14)12-21-10-11-22-16(17(21)24)20-23(18(22)25)15-4-2-1-3-5-15/h6-9,15H,1-5,10-12H2. The summed E-state index contributed by atoms with van der Waals surface area (Å²) in [6.07, 6.45) is 5.40. The first kappa shape index (κ1) is 16.4. The van der Waals surface area contributed by atoms with Crippen molar-refractivity contribution in [2.45, 2.75) is 51.2 Å². The van der Waals surface area contributed by atoms with E-state index < -0.39 is 0 Å². The van der Waals surface area contributed by atoms with Crippen molar-refractivity contribution in [3.8, 4) is 0 Å². The molecule has 0 bridgehead atoms. The fourth-order valence-corrected chi connectivity index (χ4v) is 3.89. The molecule has 1 fully saturated rings. The number of fused-ring (bicyclic) bond motifs is 1. The van der Waals surface area contributed by atoms with Gasteiger partial charge in [-0.2, -0.15) is 0 Å². The second kappa shape index (κ2) is 6.67. The van der Waals surface area contributed by atoms with E-state index in [-0.39, 0.29) is 23.5 Å². The average molecular weight is 361 g/mol. The number of hydrogen-bond donors (Lipinski definition) is 0. The highest BCUT2D eigenvalue weighted by Gasteiger charge is 2.31. The highest BCUT2D eigenvalue weighted by molar-refractivity contribution is 6.30. The molecule has 1 aromatic heterocycles. The van der Waals surface area contributed by atoms with Crippen LogP contribution in [-0.4, -0.2) is 31.7 Å². The number of rotatable bonds is 3. The fourth-order valence-electron chi connectivity index (χ4n) is 3.76. The Balaban J connectivity index is 1.57. The first-order valence-electron chi connectivity index (χ1n) is 8.86. The van der Waals surface area contributed by atoms with E-state index in [9.17, 15) is 9.59 Å². The third-order valence-electron chi connectivity index (χ3n) is 5.16. The predicted octanol–water partition coefficient (Wildman–Crippen LogP) is 2.86. The molecule has 7 heteroatoms. The number of benzene rings is 1. The summed E-state index contributed by atoms with van der Waals surface area (Å²) in [6, 6.07) is 7.60. The molecular formula is C18H21ClN4O2. The molecule has 0 saturated heterocycles. The molecule has 132 valence electrons. The highest BCUT2D eigenvalue weighted by atomic mass is 35.5. The zero-order chi connectivity index (χ0) is 17.4. The van der Waals surface area contributed by atoms with E-state index in [0.717, 1.165) is 31.2 Å². The Kier molecular flexibility index (Phi) is 4.37. The maximum absolute atomic E-state index is 12.8. The van der Waals surface area contributed by atoms with Crippen molar-refractivity contribution in [3.05, 3.63) is 51.2 Å². The smallest absolute Gasteiger partial charge is 0.330 e. The molecule has 2 aromatic rings. The molecule has 1 aromatic carbocycles. The maximum Gasteiger partial charge on any atom is 0.346 e. The molecule has 2 aliphatic rings.